The van der Waals surface area contributed by atoms with Crippen LogP contribution in [-0.2, 0) is 0 Å². The maximum absolute atomic E-state index is 9.23. The van der Waals surface area contributed by atoms with Gasteiger partial charge in [-0.25, -0.2) is 0 Å². The van der Waals surface area contributed by atoms with Crippen molar-refractivity contribution in [1.29, 1.82) is 0 Å². The third-order valence-corrected chi connectivity index (χ3v) is 9.74. The second-order valence-electron chi connectivity index (χ2n) is 12.9. The van der Waals surface area contributed by atoms with Crippen LogP contribution in [0.15, 0.2) is 200 Å². The quantitative estimate of drug-likeness (QED) is 0.171. The number of hydrogen-bond donors (Lipinski definition) is 0. The van der Waals surface area contributed by atoms with Crippen molar-refractivity contribution >= 4 is 43.6 Å². The van der Waals surface area contributed by atoms with E-state index in [0.717, 1.165) is 37.0 Å². The topological polar surface area (TPSA) is 48.5 Å². The highest BCUT2D eigenvalue weighted by Crippen LogP contribution is 2.40. The zero-order valence-corrected chi connectivity index (χ0v) is 29.1. The van der Waals surface area contributed by atoms with E-state index < -0.39 is 109 Å². The molecule has 0 unspecified atom stereocenters. The molecular weight excluding hydrogens is 683 g/mol. The Morgan fingerprint density at radius 2 is 0.714 bits per heavy atom. The molecule has 0 bridgehead atoms. The molecule has 0 saturated carbocycles. The maximum Gasteiger partial charge on any atom is 0.240 e. The molecule has 0 aliphatic carbocycles. The van der Waals surface area contributed by atoms with Crippen molar-refractivity contribution in [3.63, 3.8) is 0 Å². The summed E-state index contributed by atoms with van der Waals surface area (Å²) in [6, 6.07) is 22.3. The Morgan fingerprint density at radius 3 is 1.20 bits per heavy atom. The van der Waals surface area contributed by atoms with Gasteiger partial charge in [-0.1, -0.05) is 170 Å². The zero-order chi connectivity index (χ0) is 50.9. The van der Waals surface area contributed by atoms with Crippen LogP contribution in [0.1, 0.15) is 21.9 Å². The molecule has 11 rings (SSSR count). The van der Waals surface area contributed by atoms with Crippen molar-refractivity contribution < 1.29 is 21.9 Å². The van der Waals surface area contributed by atoms with Crippen molar-refractivity contribution in [3.05, 3.63) is 200 Å². The van der Waals surface area contributed by atoms with Gasteiger partial charge >= 0.3 is 0 Å². The van der Waals surface area contributed by atoms with Gasteiger partial charge in [-0.2, -0.15) is 15.0 Å². The first-order chi connectivity index (χ1) is 34.4. The standard InChI is InChI=1S/C51H33N5/c1-2-17-34(18-3-1)37-21-4-6-23-39(37)40-24-7-5-22-38(40)35-19-16-20-36(33-35)49-52-50(55-45-29-12-8-25-41(45)42-26-9-13-30-46(42)55)54-51(53-49)56-47-31-14-10-27-43(47)44-28-11-15-32-48(44)56/h1-33H/i8D,9D,10D,11D,12D,13D,14D,15D,25D,26D,27D,28D,29D,30D,31D,32D. The Labute approximate surface area is 345 Å². The van der Waals surface area contributed by atoms with Crippen LogP contribution < -0.4 is 0 Å². The molecule has 0 aliphatic heterocycles. The fourth-order valence-corrected chi connectivity index (χ4v) is 7.31. The van der Waals surface area contributed by atoms with Gasteiger partial charge in [0, 0.05) is 27.1 Å². The summed E-state index contributed by atoms with van der Waals surface area (Å²) in [7, 11) is 0. The minimum absolute atomic E-state index is 0.146. The minimum Gasteiger partial charge on any atom is -0.278 e. The molecule has 0 N–H and O–H groups in total. The Hall–Kier alpha value is -7.63. The van der Waals surface area contributed by atoms with E-state index in [-0.39, 0.29) is 49.4 Å². The third kappa shape index (κ3) is 5.13. The van der Waals surface area contributed by atoms with Gasteiger partial charge in [0.15, 0.2) is 5.82 Å². The lowest BCUT2D eigenvalue weighted by atomic mass is 9.89. The van der Waals surface area contributed by atoms with E-state index in [0.29, 0.717) is 11.1 Å². The van der Waals surface area contributed by atoms with Crippen LogP contribution in [0.4, 0.5) is 0 Å². The van der Waals surface area contributed by atoms with E-state index in [9.17, 15) is 5.48 Å². The van der Waals surface area contributed by atoms with Crippen LogP contribution in [0.25, 0.3) is 100 Å². The minimum atomic E-state index is -0.698. The highest BCUT2D eigenvalue weighted by molar-refractivity contribution is 6.10. The third-order valence-electron chi connectivity index (χ3n) is 9.74. The SMILES string of the molecule is [2H]c1c([2H])c([2H])c2c(c1[2H])c1c([2H])c([2H])c([2H])c([2H])c1n2-c1nc(-c2cccc(-c3ccccc3-c3ccccc3-c3ccccc3)c2)nc(-n2c3c([2H])c([2H])c([2H])c([2H])c3c3c([2H])c([2H])c([2H])c([2H])c32)n1. The fraction of sp³-hybridized carbons (Fsp3) is 0. The van der Waals surface area contributed by atoms with Gasteiger partial charge < -0.3 is 0 Å². The molecule has 0 fully saturated rings. The van der Waals surface area contributed by atoms with Crippen LogP contribution >= 0.6 is 0 Å². The summed E-state index contributed by atoms with van der Waals surface area (Å²) in [5, 5.41) is -1.05. The number of hydrogen-bond acceptors (Lipinski definition) is 3. The molecule has 0 spiro atoms. The summed E-state index contributed by atoms with van der Waals surface area (Å²) in [4.78, 5) is 14.6. The first kappa shape index (κ1) is 19.6. The van der Waals surface area contributed by atoms with E-state index in [4.69, 9.17) is 31.4 Å². The predicted octanol–water partition coefficient (Wildman–Crippen LogP) is 12.7. The largest absolute Gasteiger partial charge is 0.278 e. The zero-order valence-electron chi connectivity index (χ0n) is 45.1. The van der Waals surface area contributed by atoms with Crippen molar-refractivity contribution in [1.82, 2.24) is 24.1 Å². The van der Waals surface area contributed by atoms with E-state index >= 15 is 0 Å². The lowest BCUT2D eigenvalue weighted by Crippen LogP contribution is -2.10. The van der Waals surface area contributed by atoms with Crippen LogP contribution in [0, 0.1) is 0 Å². The van der Waals surface area contributed by atoms with Crippen molar-refractivity contribution in [2.75, 3.05) is 0 Å². The number of benzene rings is 8. The number of fused-ring (bicyclic) bond motifs is 6. The number of nitrogens with zero attached hydrogens (tertiary/aromatic N) is 5. The average Bonchev–Trinajstić information content (AvgIpc) is 3.96. The number of rotatable bonds is 6. The van der Waals surface area contributed by atoms with Crippen molar-refractivity contribution in [2.24, 2.45) is 0 Å². The summed E-state index contributed by atoms with van der Waals surface area (Å²) in [5.74, 6) is -1.08. The second kappa shape index (κ2) is 13.0. The van der Waals surface area contributed by atoms with Crippen molar-refractivity contribution in [3.8, 4) is 56.7 Å². The first-order valence-electron chi connectivity index (χ1n) is 25.6. The molecule has 5 heteroatoms. The van der Waals surface area contributed by atoms with Crippen molar-refractivity contribution in [2.45, 2.75) is 0 Å². The van der Waals surface area contributed by atoms with Gasteiger partial charge in [0.1, 0.15) is 0 Å². The number of para-hydroxylation sites is 4. The summed E-state index contributed by atoms with van der Waals surface area (Å²) >= 11 is 0. The van der Waals surface area contributed by atoms with E-state index in [2.05, 4.69) is 0 Å². The molecule has 0 atom stereocenters. The van der Waals surface area contributed by atoms with E-state index in [1.165, 1.54) is 0 Å². The lowest BCUT2D eigenvalue weighted by Gasteiger charge is -2.16. The molecule has 8 aromatic carbocycles. The summed E-state index contributed by atoms with van der Waals surface area (Å²) in [5.41, 5.74) is 4.33. The Kier molecular flexibility index (Phi) is 4.57. The first-order valence-corrected chi connectivity index (χ1v) is 17.6. The summed E-state index contributed by atoms with van der Waals surface area (Å²) in [6.45, 7) is 0. The van der Waals surface area contributed by atoms with Gasteiger partial charge in [-0.15, -0.1) is 0 Å². The lowest BCUT2D eigenvalue weighted by molar-refractivity contribution is 0.893. The Balaban J connectivity index is 1.28. The second-order valence-corrected chi connectivity index (χ2v) is 12.9. The molecular formula is C51H33N5. The smallest absolute Gasteiger partial charge is 0.240 e. The highest BCUT2D eigenvalue weighted by Gasteiger charge is 2.21. The highest BCUT2D eigenvalue weighted by atomic mass is 15.3. The molecule has 5 nitrogen and oxygen atoms in total. The number of aromatic nitrogens is 5. The van der Waals surface area contributed by atoms with Gasteiger partial charge in [-0.3, -0.25) is 9.13 Å². The summed E-state index contributed by atoms with van der Waals surface area (Å²) < 4.78 is 145. The van der Waals surface area contributed by atoms with Crippen LogP contribution in [0.2, 0.25) is 0 Å². The molecule has 0 saturated heterocycles. The molecule has 3 heterocycles. The predicted molar refractivity (Wildman–Crippen MR) is 230 cm³/mol. The molecule has 0 amide bonds. The van der Waals surface area contributed by atoms with Gasteiger partial charge in [-0.05, 0) is 63.6 Å². The fourth-order valence-electron chi connectivity index (χ4n) is 7.31. The Bertz CT molecular complexity index is 3860. The average molecular weight is 732 g/mol. The molecule has 3 aromatic heterocycles. The van der Waals surface area contributed by atoms with Crippen LogP contribution in [0.3, 0.4) is 0 Å². The molecule has 56 heavy (non-hydrogen) atoms. The molecule has 0 aliphatic rings. The summed E-state index contributed by atoms with van der Waals surface area (Å²) in [6.07, 6.45) is 0. The Morgan fingerprint density at radius 1 is 0.339 bits per heavy atom. The van der Waals surface area contributed by atoms with Crippen LogP contribution in [0.5, 0.6) is 0 Å². The molecule has 262 valence electrons. The van der Waals surface area contributed by atoms with E-state index in [1.807, 2.05) is 84.9 Å². The van der Waals surface area contributed by atoms with Gasteiger partial charge in [0.2, 0.25) is 11.9 Å². The molecule has 0 radical (unpaired) electrons. The monoisotopic (exact) mass is 731 g/mol. The van der Waals surface area contributed by atoms with Crippen LogP contribution in [-0.4, -0.2) is 24.1 Å². The van der Waals surface area contributed by atoms with E-state index in [1.54, 1.807) is 18.2 Å². The van der Waals surface area contributed by atoms with Gasteiger partial charge in [0.05, 0.1) is 44.0 Å². The van der Waals surface area contributed by atoms with Gasteiger partial charge in [0.25, 0.3) is 0 Å². The normalized spacial score (nSPS) is 15.6. The maximum atomic E-state index is 9.23. The molecule has 11 aromatic rings.